The van der Waals surface area contributed by atoms with E-state index in [1.54, 1.807) is 30.0 Å². The molecule has 0 atom stereocenters. The van der Waals surface area contributed by atoms with Crippen LogP contribution in [0.5, 0.6) is 0 Å². The normalized spacial score (nSPS) is 14.7. The summed E-state index contributed by atoms with van der Waals surface area (Å²) in [6.45, 7) is 2.84. The van der Waals surface area contributed by atoms with Crippen molar-refractivity contribution in [2.75, 3.05) is 13.1 Å². The molecule has 0 aliphatic carbocycles. The lowest BCUT2D eigenvalue weighted by atomic mass is 9.88. The number of likely N-dealkylation sites (tertiary alicyclic amines) is 1. The number of piperidine rings is 1. The molecule has 1 heterocycles. The number of carbonyl (C=O) groups is 2. The van der Waals surface area contributed by atoms with Crippen molar-refractivity contribution in [2.24, 2.45) is 5.92 Å². The fraction of sp³-hybridized carbons (Fsp3) is 0.333. The van der Waals surface area contributed by atoms with Gasteiger partial charge in [-0.05, 0) is 55.4 Å². The zero-order valence-electron chi connectivity index (χ0n) is 15.6. The highest BCUT2D eigenvalue weighted by atomic mass is 16.6. The van der Waals surface area contributed by atoms with Crippen LogP contribution in [0.25, 0.3) is 0 Å². The molecule has 0 aromatic heterocycles. The first kappa shape index (κ1) is 19.5. The molecule has 146 valence electrons. The minimum absolute atomic E-state index is 0.0801. The summed E-state index contributed by atoms with van der Waals surface area (Å²) in [6.07, 6.45) is 2.21. The molecule has 1 amide bonds. The first-order chi connectivity index (χ1) is 13.3. The number of carboxylic acid groups (broad SMARTS) is 1. The van der Waals surface area contributed by atoms with E-state index in [0.717, 1.165) is 18.4 Å². The lowest BCUT2D eigenvalue weighted by molar-refractivity contribution is -0.384. The SMILES string of the molecule is Cc1cc(C(=O)N2CCC(Cc3ccccc3C(=O)O)CC2)cc([N+](=O)[O-])c1. The lowest BCUT2D eigenvalue weighted by Gasteiger charge is -2.32. The Bertz CT molecular complexity index is 917. The number of rotatable bonds is 5. The van der Waals surface area contributed by atoms with Crippen LogP contribution in [-0.2, 0) is 6.42 Å². The number of carbonyl (C=O) groups excluding carboxylic acids is 1. The van der Waals surface area contributed by atoms with Gasteiger partial charge in [0.1, 0.15) is 0 Å². The van der Waals surface area contributed by atoms with Crippen LogP contribution >= 0.6 is 0 Å². The Morgan fingerprint density at radius 2 is 1.86 bits per heavy atom. The van der Waals surface area contributed by atoms with Crippen molar-refractivity contribution in [3.8, 4) is 0 Å². The summed E-state index contributed by atoms with van der Waals surface area (Å²) >= 11 is 0. The molecule has 1 aliphatic rings. The number of amides is 1. The molecule has 0 radical (unpaired) electrons. The second-order valence-electron chi connectivity index (χ2n) is 7.22. The summed E-state index contributed by atoms with van der Waals surface area (Å²) in [5.41, 5.74) is 2.07. The Morgan fingerprint density at radius 3 is 2.50 bits per heavy atom. The molecule has 0 bridgehead atoms. The number of nitro groups is 1. The quantitative estimate of drug-likeness (QED) is 0.628. The maximum absolute atomic E-state index is 12.8. The molecule has 2 aromatic rings. The van der Waals surface area contributed by atoms with Gasteiger partial charge in [0.05, 0.1) is 10.5 Å². The summed E-state index contributed by atoms with van der Waals surface area (Å²) in [7, 11) is 0. The molecule has 7 heteroatoms. The van der Waals surface area contributed by atoms with Crippen molar-refractivity contribution in [1.29, 1.82) is 0 Å². The molecule has 1 fully saturated rings. The standard InChI is InChI=1S/C21H22N2O5/c1-14-10-17(13-18(11-14)23(27)28)20(24)22-8-6-15(7-9-22)12-16-4-2-3-5-19(16)21(25)26/h2-5,10-11,13,15H,6-9,12H2,1H3,(H,25,26). The highest BCUT2D eigenvalue weighted by Gasteiger charge is 2.26. The molecular weight excluding hydrogens is 360 g/mol. The van der Waals surface area contributed by atoms with Crippen LogP contribution in [0.2, 0.25) is 0 Å². The van der Waals surface area contributed by atoms with E-state index in [0.29, 0.717) is 42.1 Å². The van der Waals surface area contributed by atoms with Crippen LogP contribution in [0.3, 0.4) is 0 Å². The third kappa shape index (κ3) is 4.36. The van der Waals surface area contributed by atoms with Crippen LogP contribution in [0.15, 0.2) is 42.5 Å². The van der Waals surface area contributed by atoms with E-state index in [2.05, 4.69) is 0 Å². The summed E-state index contributed by atoms with van der Waals surface area (Å²) < 4.78 is 0. The van der Waals surface area contributed by atoms with E-state index in [9.17, 15) is 24.8 Å². The first-order valence-electron chi connectivity index (χ1n) is 9.21. The van der Waals surface area contributed by atoms with Gasteiger partial charge in [-0.2, -0.15) is 0 Å². The number of nitro benzene ring substituents is 1. The third-order valence-electron chi connectivity index (χ3n) is 5.18. The van der Waals surface area contributed by atoms with Crippen LogP contribution in [0, 0.1) is 23.0 Å². The number of non-ortho nitro benzene ring substituents is 1. The van der Waals surface area contributed by atoms with E-state index in [-0.39, 0.29) is 11.6 Å². The highest BCUT2D eigenvalue weighted by molar-refractivity contribution is 5.95. The fourth-order valence-corrected chi connectivity index (χ4v) is 3.73. The van der Waals surface area contributed by atoms with Gasteiger partial charge >= 0.3 is 5.97 Å². The Hall–Kier alpha value is -3.22. The van der Waals surface area contributed by atoms with Gasteiger partial charge in [-0.3, -0.25) is 14.9 Å². The van der Waals surface area contributed by atoms with Crippen LogP contribution in [0.1, 0.15) is 44.7 Å². The molecular formula is C21H22N2O5. The van der Waals surface area contributed by atoms with Crippen LogP contribution in [-0.4, -0.2) is 39.9 Å². The predicted molar refractivity (Wildman–Crippen MR) is 104 cm³/mol. The van der Waals surface area contributed by atoms with Crippen molar-refractivity contribution in [3.05, 3.63) is 74.8 Å². The van der Waals surface area contributed by atoms with Crippen molar-refractivity contribution >= 4 is 17.6 Å². The van der Waals surface area contributed by atoms with Gasteiger partial charge in [0.2, 0.25) is 0 Å². The molecule has 0 spiro atoms. The summed E-state index contributed by atoms with van der Waals surface area (Å²) in [5, 5.41) is 20.4. The monoisotopic (exact) mass is 382 g/mol. The van der Waals surface area contributed by atoms with Gasteiger partial charge in [0, 0.05) is 30.8 Å². The number of carboxylic acids is 1. The van der Waals surface area contributed by atoms with E-state index >= 15 is 0 Å². The molecule has 1 saturated heterocycles. The molecule has 3 rings (SSSR count). The Morgan fingerprint density at radius 1 is 1.18 bits per heavy atom. The minimum Gasteiger partial charge on any atom is -0.478 e. The van der Waals surface area contributed by atoms with E-state index in [1.807, 2.05) is 12.1 Å². The first-order valence-corrected chi connectivity index (χ1v) is 9.21. The zero-order valence-corrected chi connectivity index (χ0v) is 15.6. The van der Waals surface area contributed by atoms with Gasteiger partial charge in [-0.25, -0.2) is 4.79 Å². The number of aromatic carboxylic acids is 1. The van der Waals surface area contributed by atoms with Gasteiger partial charge < -0.3 is 10.0 Å². The molecule has 7 nitrogen and oxygen atoms in total. The molecule has 0 unspecified atom stereocenters. The topological polar surface area (TPSA) is 101 Å². The predicted octanol–water partition coefficient (Wildman–Crippen LogP) is 3.70. The number of aryl methyl sites for hydroxylation is 1. The Kier molecular flexibility index (Phi) is 5.73. The number of nitrogens with zero attached hydrogens (tertiary/aromatic N) is 2. The summed E-state index contributed by atoms with van der Waals surface area (Å²) in [4.78, 5) is 36.4. The average molecular weight is 382 g/mol. The maximum Gasteiger partial charge on any atom is 0.335 e. The summed E-state index contributed by atoms with van der Waals surface area (Å²) in [5.74, 6) is -0.822. The number of hydrogen-bond donors (Lipinski definition) is 1. The van der Waals surface area contributed by atoms with Crippen molar-refractivity contribution in [2.45, 2.75) is 26.2 Å². The van der Waals surface area contributed by atoms with E-state index in [1.165, 1.54) is 12.1 Å². The van der Waals surface area contributed by atoms with Crippen molar-refractivity contribution in [1.82, 2.24) is 4.90 Å². The third-order valence-corrected chi connectivity index (χ3v) is 5.18. The van der Waals surface area contributed by atoms with Gasteiger partial charge in [0.25, 0.3) is 11.6 Å². The fourth-order valence-electron chi connectivity index (χ4n) is 3.73. The largest absolute Gasteiger partial charge is 0.478 e. The molecule has 28 heavy (non-hydrogen) atoms. The van der Waals surface area contributed by atoms with Crippen molar-refractivity contribution < 1.29 is 19.6 Å². The highest BCUT2D eigenvalue weighted by Crippen LogP contribution is 2.25. The lowest BCUT2D eigenvalue weighted by Crippen LogP contribution is -2.39. The minimum atomic E-state index is -0.927. The van der Waals surface area contributed by atoms with E-state index in [4.69, 9.17) is 0 Å². The average Bonchev–Trinajstić information content (AvgIpc) is 2.67. The van der Waals surface area contributed by atoms with Gasteiger partial charge in [0.15, 0.2) is 0 Å². The second-order valence-corrected chi connectivity index (χ2v) is 7.22. The van der Waals surface area contributed by atoms with Crippen LogP contribution < -0.4 is 0 Å². The van der Waals surface area contributed by atoms with Gasteiger partial charge in [-0.15, -0.1) is 0 Å². The number of benzene rings is 2. The molecule has 1 N–H and O–H groups in total. The van der Waals surface area contributed by atoms with Crippen LogP contribution in [0.4, 0.5) is 5.69 Å². The molecule has 1 aliphatic heterocycles. The second kappa shape index (κ2) is 8.21. The molecule has 0 saturated carbocycles. The Balaban J connectivity index is 1.65. The smallest absolute Gasteiger partial charge is 0.335 e. The van der Waals surface area contributed by atoms with Gasteiger partial charge in [-0.1, -0.05) is 18.2 Å². The number of hydrogen-bond acceptors (Lipinski definition) is 4. The maximum atomic E-state index is 12.8. The zero-order chi connectivity index (χ0) is 20.3. The molecule has 2 aromatic carbocycles. The van der Waals surface area contributed by atoms with Crippen molar-refractivity contribution in [3.63, 3.8) is 0 Å². The summed E-state index contributed by atoms with van der Waals surface area (Å²) in [6, 6.07) is 11.5. The Labute approximate surface area is 162 Å². The van der Waals surface area contributed by atoms with E-state index < -0.39 is 10.9 Å².